The van der Waals surface area contributed by atoms with Crippen molar-refractivity contribution in [2.45, 2.75) is 20.4 Å². The summed E-state index contributed by atoms with van der Waals surface area (Å²) in [4.78, 5) is 11.9. The van der Waals surface area contributed by atoms with Gasteiger partial charge in [-0.15, -0.1) is 0 Å². The normalized spacial score (nSPS) is 10.4. The fraction of sp³-hybridized carbons (Fsp3) is 0.188. The largest absolute Gasteiger partial charge is 0.348 e. The summed E-state index contributed by atoms with van der Waals surface area (Å²) in [6.07, 6.45) is 0. The summed E-state index contributed by atoms with van der Waals surface area (Å²) in [5.74, 6) is -1.28. The van der Waals surface area contributed by atoms with Crippen molar-refractivity contribution >= 4 is 5.91 Å². The predicted molar refractivity (Wildman–Crippen MR) is 73.4 cm³/mol. The number of aryl methyl sites for hydroxylation is 2. The van der Waals surface area contributed by atoms with Crippen LogP contribution in [0, 0.1) is 25.5 Å². The molecular formula is C16H15F2NO. The molecule has 0 bridgehead atoms. The molecule has 1 amide bonds. The average molecular weight is 275 g/mol. The Hall–Kier alpha value is -2.23. The highest BCUT2D eigenvalue weighted by Gasteiger charge is 2.11. The second-order valence-electron chi connectivity index (χ2n) is 4.71. The highest BCUT2D eigenvalue weighted by Crippen LogP contribution is 2.15. The number of hydrogen-bond acceptors (Lipinski definition) is 1. The molecular weight excluding hydrogens is 260 g/mol. The highest BCUT2D eigenvalue weighted by atomic mass is 19.1. The van der Waals surface area contributed by atoms with Crippen LogP contribution in [0.3, 0.4) is 0 Å². The van der Waals surface area contributed by atoms with Crippen LogP contribution in [0.25, 0.3) is 0 Å². The Bertz CT molecular complexity index is 630. The maximum Gasteiger partial charge on any atom is 0.254 e. The van der Waals surface area contributed by atoms with Crippen molar-refractivity contribution < 1.29 is 13.6 Å². The lowest BCUT2D eigenvalue weighted by Crippen LogP contribution is -2.24. The van der Waals surface area contributed by atoms with E-state index in [-0.39, 0.29) is 17.9 Å². The fourth-order valence-corrected chi connectivity index (χ4v) is 2.06. The van der Waals surface area contributed by atoms with Gasteiger partial charge in [-0.05, 0) is 42.7 Å². The average Bonchev–Trinajstić information content (AvgIpc) is 2.42. The van der Waals surface area contributed by atoms with E-state index < -0.39 is 11.7 Å². The number of carbonyl (C=O) groups excluding carboxylic acids is 1. The summed E-state index contributed by atoms with van der Waals surface area (Å²) in [5.41, 5.74) is 1.84. The van der Waals surface area contributed by atoms with Gasteiger partial charge in [0.25, 0.3) is 5.91 Å². The smallest absolute Gasteiger partial charge is 0.254 e. The standard InChI is InChI=1S/C16H15F2NO/c1-10-7-12(8-11(2)15(10)18)9-19-16(20)13-5-3-4-6-14(13)17/h3-8H,9H2,1-2H3,(H,19,20). The van der Waals surface area contributed by atoms with Gasteiger partial charge in [-0.25, -0.2) is 8.78 Å². The van der Waals surface area contributed by atoms with Crippen LogP contribution in [-0.4, -0.2) is 5.91 Å². The molecule has 0 aliphatic heterocycles. The molecule has 1 N–H and O–H groups in total. The van der Waals surface area contributed by atoms with Crippen molar-refractivity contribution in [3.8, 4) is 0 Å². The topological polar surface area (TPSA) is 29.1 Å². The summed E-state index contributed by atoms with van der Waals surface area (Å²) < 4.78 is 26.9. The van der Waals surface area contributed by atoms with Crippen LogP contribution in [0.15, 0.2) is 36.4 Å². The van der Waals surface area contributed by atoms with Gasteiger partial charge in [-0.2, -0.15) is 0 Å². The second-order valence-corrected chi connectivity index (χ2v) is 4.71. The van der Waals surface area contributed by atoms with E-state index in [1.807, 2.05) is 0 Å². The van der Waals surface area contributed by atoms with Gasteiger partial charge in [0.2, 0.25) is 0 Å². The van der Waals surface area contributed by atoms with Crippen LogP contribution in [-0.2, 0) is 6.54 Å². The molecule has 0 radical (unpaired) electrons. The monoisotopic (exact) mass is 275 g/mol. The van der Waals surface area contributed by atoms with E-state index in [0.29, 0.717) is 11.1 Å². The van der Waals surface area contributed by atoms with Crippen LogP contribution in [0.1, 0.15) is 27.0 Å². The van der Waals surface area contributed by atoms with Gasteiger partial charge < -0.3 is 5.32 Å². The van der Waals surface area contributed by atoms with E-state index >= 15 is 0 Å². The molecule has 20 heavy (non-hydrogen) atoms. The molecule has 2 aromatic carbocycles. The fourth-order valence-electron chi connectivity index (χ4n) is 2.06. The third-order valence-corrected chi connectivity index (χ3v) is 3.07. The molecule has 0 aliphatic carbocycles. The molecule has 0 aliphatic rings. The first kappa shape index (κ1) is 14.2. The molecule has 4 heteroatoms. The second kappa shape index (κ2) is 5.82. The Kier molecular flexibility index (Phi) is 4.13. The first-order chi connectivity index (χ1) is 9.49. The van der Waals surface area contributed by atoms with Crippen LogP contribution >= 0.6 is 0 Å². The minimum atomic E-state index is -0.559. The van der Waals surface area contributed by atoms with Crippen LogP contribution in [0.2, 0.25) is 0 Å². The molecule has 2 aromatic rings. The first-order valence-electron chi connectivity index (χ1n) is 6.27. The lowest BCUT2D eigenvalue weighted by atomic mass is 10.1. The number of carbonyl (C=O) groups is 1. The van der Waals surface area contributed by atoms with Gasteiger partial charge >= 0.3 is 0 Å². The van der Waals surface area contributed by atoms with Crippen molar-refractivity contribution in [1.29, 1.82) is 0 Å². The molecule has 0 aromatic heterocycles. The summed E-state index contributed by atoms with van der Waals surface area (Å²) >= 11 is 0. The Labute approximate surface area is 116 Å². The molecule has 0 spiro atoms. The minimum absolute atomic E-state index is 0.00283. The Morgan fingerprint density at radius 3 is 2.30 bits per heavy atom. The Morgan fingerprint density at radius 1 is 1.10 bits per heavy atom. The quantitative estimate of drug-likeness (QED) is 0.912. The summed E-state index contributed by atoms with van der Waals surface area (Å²) in [6.45, 7) is 3.57. The zero-order valence-electron chi connectivity index (χ0n) is 11.3. The first-order valence-corrected chi connectivity index (χ1v) is 6.27. The number of hydrogen-bond donors (Lipinski definition) is 1. The predicted octanol–water partition coefficient (Wildman–Crippen LogP) is 3.51. The van der Waals surface area contributed by atoms with Crippen LogP contribution in [0.4, 0.5) is 8.78 Å². The number of nitrogens with one attached hydrogen (secondary N) is 1. The Balaban J connectivity index is 2.10. The third kappa shape index (κ3) is 3.02. The highest BCUT2D eigenvalue weighted by molar-refractivity contribution is 5.94. The van der Waals surface area contributed by atoms with E-state index in [9.17, 15) is 13.6 Å². The van der Waals surface area contributed by atoms with E-state index in [0.717, 1.165) is 5.56 Å². The molecule has 0 fully saturated rings. The van der Waals surface area contributed by atoms with Gasteiger partial charge in [0.1, 0.15) is 11.6 Å². The van der Waals surface area contributed by atoms with E-state index in [2.05, 4.69) is 5.32 Å². The molecule has 0 saturated carbocycles. The summed E-state index contributed by atoms with van der Waals surface area (Å²) in [5, 5.41) is 2.63. The maximum absolute atomic E-state index is 13.5. The van der Waals surface area contributed by atoms with Gasteiger partial charge in [0.05, 0.1) is 5.56 Å². The number of benzene rings is 2. The molecule has 2 rings (SSSR count). The van der Waals surface area contributed by atoms with Crippen molar-refractivity contribution in [1.82, 2.24) is 5.32 Å². The van der Waals surface area contributed by atoms with Crippen LogP contribution in [0.5, 0.6) is 0 Å². The van der Waals surface area contributed by atoms with Gasteiger partial charge in [0, 0.05) is 6.54 Å². The lowest BCUT2D eigenvalue weighted by molar-refractivity contribution is 0.0947. The van der Waals surface area contributed by atoms with E-state index in [1.54, 1.807) is 32.0 Å². The molecule has 104 valence electrons. The van der Waals surface area contributed by atoms with Crippen molar-refractivity contribution in [3.63, 3.8) is 0 Å². The number of amides is 1. The SMILES string of the molecule is Cc1cc(CNC(=O)c2ccccc2F)cc(C)c1F. The minimum Gasteiger partial charge on any atom is -0.348 e. The molecule has 0 saturated heterocycles. The summed E-state index contributed by atoms with van der Waals surface area (Å²) in [7, 11) is 0. The number of halogens is 2. The molecule has 0 heterocycles. The van der Waals surface area contributed by atoms with E-state index in [1.165, 1.54) is 18.2 Å². The zero-order valence-corrected chi connectivity index (χ0v) is 11.3. The van der Waals surface area contributed by atoms with E-state index in [4.69, 9.17) is 0 Å². The third-order valence-electron chi connectivity index (χ3n) is 3.07. The van der Waals surface area contributed by atoms with Gasteiger partial charge in [-0.3, -0.25) is 4.79 Å². The van der Waals surface area contributed by atoms with Crippen molar-refractivity contribution in [2.75, 3.05) is 0 Å². The maximum atomic E-state index is 13.5. The lowest BCUT2D eigenvalue weighted by Gasteiger charge is -2.09. The molecule has 0 atom stereocenters. The van der Waals surface area contributed by atoms with Crippen molar-refractivity contribution in [2.24, 2.45) is 0 Å². The van der Waals surface area contributed by atoms with Crippen LogP contribution < -0.4 is 5.32 Å². The zero-order chi connectivity index (χ0) is 14.7. The molecule has 2 nitrogen and oxygen atoms in total. The summed E-state index contributed by atoms with van der Waals surface area (Å²) in [6, 6.07) is 9.13. The number of rotatable bonds is 3. The Morgan fingerprint density at radius 2 is 1.70 bits per heavy atom. The van der Waals surface area contributed by atoms with Gasteiger partial charge in [-0.1, -0.05) is 24.3 Å². The van der Waals surface area contributed by atoms with Gasteiger partial charge in [0.15, 0.2) is 0 Å². The molecule has 0 unspecified atom stereocenters. The van der Waals surface area contributed by atoms with Crippen molar-refractivity contribution in [3.05, 3.63) is 70.3 Å².